The maximum atomic E-state index is 4.11. The van der Waals surface area contributed by atoms with Gasteiger partial charge in [-0.2, -0.15) is 0 Å². The fraction of sp³-hybridized carbons (Fsp3) is 0.273. The minimum atomic E-state index is 0.777. The van der Waals surface area contributed by atoms with Crippen LogP contribution in [0.1, 0.15) is 12.6 Å². The van der Waals surface area contributed by atoms with Gasteiger partial charge >= 0.3 is 0 Å². The predicted molar refractivity (Wildman–Crippen MR) is 59.5 cm³/mol. The smallest absolute Gasteiger partial charge is 0.0948 e. The minimum Gasteiger partial charge on any atom is -0.378 e. The van der Waals surface area contributed by atoms with Gasteiger partial charge in [0.05, 0.1) is 24.3 Å². The van der Waals surface area contributed by atoms with Crippen molar-refractivity contribution in [2.45, 2.75) is 20.0 Å². The van der Waals surface area contributed by atoms with Gasteiger partial charge in [-0.1, -0.05) is 0 Å². The molecule has 1 N–H and O–H groups in total. The van der Waals surface area contributed by atoms with E-state index in [0.29, 0.717) is 0 Å². The number of nitrogens with zero attached hydrogens (tertiary/aromatic N) is 3. The average molecular weight is 202 g/mol. The maximum Gasteiger partial charge on any atom is 0.0948 e. The molecule has 2 heterocycles. The molecule has 2 rings (SSSR count). The minimum absolute atomic E-state index is 0.777. The topological polar surface area (TPSA) is 42.7 Å². The van der Waals surface area contributed by atoms with Gasteiger partial charge in [-0.05, 0) is 19.1 Å². The molecule has 0 unspecified atom stereocenters. The van der Waals surface area contributed by atoms with Crippen LogP contribution < -0.4 is 5.32 Å². The molecule has 0 saturated carbocycles. The third-order valence-electron chi connectivity index (χ3n) is 2.27. The number of rotatable bonds is 4. The Labute approximate surface area is 89.0 Å². The van der Waals surface area contributed by atoms with Crippen molar-refractivity contribution in [2.75, 3.05) is 5.32 Å². The molecule has 15 heavy (non-hydrogen) atoms. The van der Waals surface area contributed by atoms with Crippen molar-refractivity contribution in [3.05, 3.63) is 42.7 Å². The number of pyridine rings is 1. The molecule has 0 spiro atoms. The van der Waals surface area contributed by atoms with Crippen molar-refractivity contribution in [3.8, 4) is 0 Å². The molecule has 0 aliphatic heterocycles. The van der Waals surface area contributed by atoms with Crippen LogP contribution >= 0.6 is 0 Å². The zero-order valence-electron chi connectivity index (χ0n) is 8.72. The highest BCUT2D eigenvalue weighted by atomic mass is 15.1. The van der Waals surface area contributed by atoms with Gasteiger partial charge in [0, 0.05) is 25.1 Å². The van der Waals surface area contributed by atoms with Crippen LogP contribution in [0.3, 0.4) is 0 Å². The molecule has 0 atom stereocenters. The summed E-state index contributed by atoms with van der Waals surface area (Å²) in [4.78, 5) is 8.15. The van der Waals surface area contributed by atoms with Crippen LogP contribution in [-0.2, 0) is 13.1 Å². The molecule has 0 amide bonds. The second kappa shape index (κ2) is 4.59. The second-order valence-corrected chi connectivity index (χ2v) is 3.27. The third kappa shape index (κ3) is 2.34. The number of hydrogen-bond donors (Lipinski definition) is 1. The van der Waals surface area contributed by atoms with E-state index < -0.39 is 0 Å². The number of anilines is 1. The summed E-state index contributed by atoms with van der Waals surface area (Å²) in [5, 5.41) is 3.30. The normalized spacial score (nSPS) is 10.2. The van der Waals surface area contributed by atoms with E-state index in [2.05, 4.69) is 26.8 Å². The first-order chi connectivity index (χ1) is 7.40. The summed E-state index contributed by atoms with van der Waals surface area (Å²) in [6, 6.07) is 3.92. The highest BCUT2D eigenvalue weighted by Crippen LogP contribution is 2.06. The Bertz CT molecular complexity index is 408. The van der Waals surface area contributed by atoms with E-state index in [1.165, 1.54) is 5.69 Å². The first-order valence-electron chi connectivity index (χ1n) is 5.03. The molecule has 0 saturated heterocycles. The molecular formula is C11H14N4. The highest BCUT2D eigenvalue weighted by molar-refractivity contribution is 5.39. The van der Waals surface area contributed by atoms with Crippen LogP contribution in [0.15, 0.2) is 37.1 Å². The number of imidazole rings is 1. The number of nitrogens with one attached hydrogen (secondary N) is 1. The van der Waals surface area contributed by atoms with Gasteiger partial charge in [0.15, 0.2) is 0 Å². The largest absolute Gasteiger partial charge is 0.378 e. The first-order valence-corrected chi connectivity index (χ1v) is 5.03. The van der Waals surface area contributed by atoms with E-state index >= 15 is 0 Å². The lowest BCUT2D eigenvalue weighted by molar-refractivity contribution is 0.719. The van der Waals surface area contributed by atoms with Crippen LogP contribution in [0, 0.1) is 0 Å². The standard InChI is InChI=1S/C11H14N4/c1-2-15-9-13-7-11(15)8-14-10-4-3-5-12-6-10/h3-7,9,14H,2,8H2,1H3. The maximum absolute atomic E-state index is 4.11. The molecular weight excluding hydrogens is 188 g/mol. The Morgan fingerprint density at radius 2 is 2.27 bits per heavy atom. The molecule has 0 bridgehead atoms. The zero-order valence-corrected chi connectivity index (χ0v) is 8.72. The monoisotopic (exact) mass is 202 g/mol. The van der Waals surface area contributed by atoms with Crippen LogP contribution in [0.4, 0.5) is 5.69 Å². The summed E-state index contributed by atoms with van der Waals surface area (Å²) < 4.78 is 2.11. The van der Waals surface area contributed by atoms with Gasteiger partial charge in [-0.25, -0.2) is 4.98 Å². The molecule has 2 aromatic heterocycles. The van der Waals surface area contributed by atoms with E-state index in [1.54, 1.807) is 6.20 Å². The van der Waals surface area contributed by atoms with Gasteiger partial charge < -0.3 is 9.88 Å². The van der Waals surface area contributed by atoms with Crippen LogP contribution in [0.2, 0.25) is 0 Å². The lowest BCUT2D eigenvalue weighted by atomic mass is 10.4. The third-order valence-corrected chi connectivity index (χ3v) is 2.27. The van der Waals surface area contributed by atoms with Crippen molar-refractivity contribution < 1.29 is 0 Å². The first kappa shape index (κ1) is 9.71. The lowest BCUT2D eigenvalue weighted by Crippen LogP contribution is -2.05. The molecule has 0 aliphatic rings. The summed E-state index contributed by atoms with van der Waals surface area (Å²) in [6.07, 6.45) is 7.31. The molecule has 0 aliphatic carbocycles. The summed E-state index contributed by atoms with van der Waals surface area (Å²) in [6.45, 7) is 3.83. The molecule has 0 radical (unpaired) electrons. The fourth-order valence-corrected chi connectivity index (χ4v) is 1.44. The number of aryl methyl sites for hydroxylation is 1. The predicted octanol–water partition coefficient (Wildman–Crippen LogP) is 1.91. The Hall–Kier alpha value is -1.84. The van der Waals surface area contributed by atoms with E-state index in [0.717, 1.165) is 18.8 Å². The number of hydrogen-bond acceptors (Lipinski definition) is 3. The van der Waals surface area contributed by atoms with Gasteiger partial charge in [-0.3, -0.25) is 4.98 Å². The summed E-state index contributed by atoms with van der Waals surface area (Å²) in [5.41, 5.74) is 2.21. The van der Waals surface area contributed by atoms with Crippen molar-refractivity contribution in [1.29, 1.82) is 0 Å². The van der Waals surface area contributed by atoms with Gasteiger partial charge in [0.25, 0.3) is 0 Å². The molecule has 78 valence electrons. The Morgan fingerprint density at radius 3 is 3.00 bits per heavy atom. The Morgan fingerprint density at radius 1 is 1.33 bits per heavy atom. The summed E-state index contributed by atoms with van der Waals surface area (Å²) in [7, 11) is 0. The fourth-order valence-electron chi connectivity index (χ4n) is 1.44. The zero-order chi connectivity index (χ0) is 10.5. The van der Waals surface area contributed by atoms with Crippen LogP contribution in [-0.4, -0.2) is 14.5 Å². The van der Waals surface area contributed by atoms with Crippen molar-refractivity contribution in [1.82, 2.24) is 14.5 Å². The van der Waals surface area contributed by atoms with Gasteiger partial charge in [-0.15, -0.1) is 0 Å². The molecule has 0 aromatic carbocycles. The van der Waals surface area contributed by atoms with E-state index in [9.17, 15) is 0 Å². The van der Waals surface area contributed by atoms with E-state index in [4.69, 9.17) is 0 Å². The highest BCUT2D eigenvalue weighted by Gasteiger charge is 1.99. The Kier molecular flexibility index (Phi) is 2.97. The SMILES string of the molecule is CCn1cncc1CNc1cccnc1. The molecule has 0 fully saturated rings. The van der Waals surface area contributed by atoms with Gasteiger partial charge in [0.1, 0.15) is 0 Å². The van der Waals surface area contributed by atoms with Crippen LogP contribution in [0.25, 0.3) is 0 Å². The molecule has 4 nitrogen and oxygen atoms in total. The average Bonchev–Trinajstić information content (AvgIpc) is 2.75. The van der Waals surface area contributed by atoms with E-state index in [1.807, 2.05) is 30.9 Å². The van der Waals surface area contributed by atoms with Crippen LogP contribution in [0.5, 0.6) is 0 Å². The lowest BCUT2D eigenvalue weighted by Gasteiger charge is -2.07. The number of aromatic nitrogens is 3. The Balaban J connectivity index is 1.99. The van der Waals surface area contributed by atoms with Crippen molar-refractivity contribution in [3.63, 3.8) is 0 Å². The summed E-state index contributed by atoms with van der Waals surface area (Å²) in [5.74, 6) is 0. The van der Waals surface area contributed by atoms with Gasteiger partial charge in [0.2, 0.25) is 0 Å². The second-order valence-electron chi connectivity index (χ2n) is 3.27. The molecule has 2 aromatic rings. The van der Waals surface area contributed by atoms with E-state index in [-0.39, 0.29) is 0 Å². The molecule has 4 heteroatoms. The van der Waals surface area contributed by atoms with Crippen molar-refractivity contribution >= 4 is 5.69 Å². The summed E-state index contributed by atoms with van der Waals surface area (Å²) >= 11 is 0. The van der Waals surface area contributed by atoms with Crippen molar-refractivity contribution in [2.24, 2.45) is 0 Å². The quantitative estimate of drug-likeness (QED) is 0.823.